The van der Waals surface area contributed by atoms with E-state index in [1.54, 1.807) is 67.6 Å². The predicted octanol–water partition coefficient (Wildman–Crippen LogP) is 8.80. The second kappa shape index (κ2) is 13.2. The summed E-state index contributed by atoms with van der Waals surface area (Å²) in [4.78, 5) is 29.8. The Balaban J connectivity index is 1.62. The van der Waals surface area contributed by atoms with Crippen LogP contribution in [0, 0.1) is 0 Å². The molecule has 39 heavy (non-hydrogen) atoms. The van der Waals surface area contributed by atoms with Gasteiger partial charge in [0.05, 0.1) is 30.5 Å². The van der Waals surface area contributed by atoms with Crippen molar-refractivity contribution in [3.05, 3.63) is 113 Å². The molecule has 1 amide bonds. The molecule has 6 nitrogen and oxygen atoms in total. The van der Waals surface area contributed by atoms with Crippen molar-refractivity contribution < 1.29 is 24.2 Å². The maximum Gasteiger partial charge on any atom is 0.344 e. The summed E-state index contributed by atoms with van der Waals surface area (Å²) in [5, 5.41) is 11.9. The van der Waals surface area contributed by atoms with Crippen LogP contribution in [0.3, 0.4) is 0 Å². The smallest absolute Gasteiger partial charge is 0.344 e. The largest absolute Gasteiger partial charge is 0.506 e. The molecule has 0 saturated carbocycles. The number of halogens is 4. The first kappa shape index (κ1) is 29.4. The minimum absolute atomic E-state index is 0.0609. The van der Waals surface area contributed by atoms with Gasteiger partial charge in [0.15, 0.2) is 0 Å². The number of esters is 1. The van der Waals surface area contributed by atoms with Gasteiger partial charge in [-0.1, -0.05) is 59.2 Å². The zero-order valence-corrected chi connectivity index (χ0v) is 25.7. The van der Waals surface area contributed by atoms with E-state index >= 15 is 0 Å². The fraction of sp³-hybridized carbons (Fsp3) is 0.107. The van der Waals surface area contributed by atoms with Gasteiger partial charge in [-0.05, 0) is 92.4 Å². The summed E-state index contributed by atoms with van der Waals surface area (Å²) < 4.78 is 12.4. The molecular formula is C28H19Br2Cl2NO5S. The van der Waals surface area contributed by atoms with Crippen molar-refractivity contribution in [2.45, 2.75) is 13.5 Å². The Labute approximate surface area is 256 Å². The molecule has 0 saturated heterocycles. The predicted molar refractivity (Wildman–Crippen MR) is 163 cm³/mol. The Kier molecular flexibility index (Phi) is 9.96. The average Bonchev–Trinajstić information content (AvgIpc) is 3.20. The lowest BCUT2D eigenvalue weighted by molar-refractivity contribution is -0.138. The van der Waals surface area contributed by atoms with Crippen LogP contribution in [0.4, 0.5) is 0 Å². The van der Waals surface area contributed by atoms with Crippen LogP contribution < -0.4 is 4.74 Å². The molecule has 4 rings (SSSR count). The van der Waals surface area contributed by atoms with Crippen molar-refractivity contribution in [1.29, 1.82) is 0 Å². The number of nitrogens with zero attached hydrogens (tertiary/aromatic N) is 1. The Morgan fingerprint density at radius 3 is 2.36 bits per heavy atom. The monoisotopic (exact) mass is 709 g/mol. The van der Waals surface area contributed by atoms with Crippen molar-refractivity contribution in [3.63, 3.8) is 0 Å². The number of rotatable bonds is 7. The van der Waals surface area contributed by atoms with Gasteiger partial charge < -0.3 is 14.6 Å². The lowest BCUT2D eigenvalue weighted by atomic mass is 10.1. The molecule has 0 atom stereocenters. The van der Waals surface area contributed by atoms with Crippen molar-refractivity contribution in [2.24, 2.45) is 4.99 Å². The van der Waals surface area contributed by atoms with Gasteiger partial charge >= 0.3 is 5.97 Å². The van der Waals surface area contributed by atoms with Crippen molar-refractivity contribution >= 4 is 89.8 Å². The summed E-state index contributed by atoms with van der Waals surface area (Å²) in [6.45, 7) is 2.01. The van der Waals surface area contributed by atoms with Gasteiger partial charge in [0.1, 0.15) is 28.7 Å². The minimum Gasteiger partial charge on any atom is -0.506 e. The molecule has 0 aliphatic carbocycles. The van der Waals surface area contributed by atoms with Gasteiger partial charge in [-0.25, -0.2) is 9.79 Å². The highest BCUT2D eigenvalue weighted by Crippen LogP contribution is 2.41. The molecule has 0 radical (unpaired) electrons. The van der Waals surface area contributed by atoms with Gasteiger partial charge in [0.25, 0.3) is 5.91 Å². The van der Waals surface area contributed by atoms with Crippen LogP contribution in [0.1, 0.15) is 28.4 Å². The molecule has 200 valence electrons. The molecule has 0 aromatic heterocycles. The van der Waals surface area contributed by atoms with Crippen molar-refractivity contribution in [2.75, 3.05) is 6.61 Å². The number of carbonyl (C=O) groups is 2. The summed E-state index contributed by atoms with van der Waals surface area (Å²) in [5.41, 5.74) is 1.73. The highest BCUT2D eigenvalue weighted by Gasteiger charge is 2.34. The van der Waals surface area contributed by atoms with Crippen LogP contribution >= 0.6 is 66.8 Å². The normalized spacial score (nSPS) is 15.2. The van der Waals surface area contributed by atoms with Crippen LogP contribution in [-0.4, -0.2) is 28.6 Å². The molecule has 1 aliphatic heterocycles. The molecule has 0 spiro atoms. The van der Waals surface area contributed by atoms with E-state index in [1.165, 1.54) is 0 Å². The summed E-state index contributed by atoms with van der Waals surface area (Å²) in [6.07, 6.45) is 1.67. The second-order valence-corrected chi connectivity index (χ2v) is 11.5. The minimum atomic E-state index is -0.765. The molecule has 1 heterocycles. The van der Waals surface area contributed by atoms with Crippen molar-refractivity contribution in [3.8, 4) is 5.75 Å². The number of amides is 1. The standard InChI is InChI=1S/C28H19Br2Cl2NO5S/c1-2-37-28(36)23-24(34)22(39-27(23)33-26(35)17-6-4-3-5-7-17)13-16-10-18(29)25(19(30)11-16)38-14-15-8-9-20(31)21(32)12-15/h3-13,34H,2,14H2,1H3/b22-13-,33-27?. The molecule has 0 fully saturated rings. The first-order valence-corrected chi connectivity index (χ1v) is 14.6. The SMILES string of the molecule is CCOC(=O)C1=C(O)/C(=C/c2cc(Br)c(OCc3ccc(Cl)c(Cl)c3)c(Br)c2)SC1=NC(=O)c1ccccc1. The van der Waals surface area contributed by atoms with E-state index in [0.29, 0.717) is 40.8 Å². The summed E-state index contributed by atoms with van der Waals surface area (Å²) in [7, 11) is 0. The highest BCUT2D eigenvalue weighted by atomic mass is 79.9. The molecule has 3 aromatic carbocycles. The zero-order valence-electron chi connectivity index (χ0n) is 20.2. The lowest BCUT2D eigenvalue weighted by Gasteiger charge is -2.12. The molecule has 3 aromatic rings. The number of aliphatic hydroxyl groups excluding tert-OH is 1. The highest BCUT2D eigenvalue weighted by molar-refractivity contribution is 9.11. The molecule has 1 aliphatic rings. The Morgan fingerprint density at radius 2 is 1.72 bits per heavy atom. The number of hydrogen-bond donors (Lipinski definition) is 1. The summed E-state index contributed by atoms with van der Waals surface area (Å²) in [5.74, 6) is -1.06. The van der Waals surface area contributed by atoms with E-state index in [1.807, 2.05) is 6.07 Å². The van der Waals surface area contributed by atoms with Gasteiger partial charge in [-0.3, -0.25) is 4.79 Å². The van der Waals surface area contributed by atoms with Gasteiger partial charge in [-0.15, -0.1) is 0 Å². The molecule has 0 bridgehead atoms. The fourth-order valence-corrected chi connectivity index (χ4v) is 6.25. The van der Waals surface area contributed by atoms with Gasteiger partial charge in [0.2, 0.25) is 0 Å². The number of ether oxygens (including phenoxy) is 2. The van der Waals surface area contributed by atoms with E-state index in [4.69, 9.17) is 32.7 Å². The Morgan fingerprint density at radius 1 is 1.03 bits per heavy atom. The number of hydrogen-bond acceptors (Lipinski definition) is 6. The maximum atomic E-state index is 12.7. The third kappa shape index (κ3) is 7.15. The number of aliphatic imine (C=N–C) groups is 1. The maximum absolute atomic E-state index is 12.7. The molecular weight excluding hydrogens is 693 g/mol. The average molecular weight is 712 g/mol. The summed E-state index contributed by atoms with van der Waals surface area (Å²) >= 11 is 20.1. The number of aliphatic hydroxyl groups is 1. The second-order valence-electron chi connectivity index (χ2n) is 7.99. The van der Waals surface area contributed by atoms with Crippen molar-refractivity contribution in [1.82, 2.24) is 0 Å². The molecule has 11 heteroatoms. The van der Waals surface area contributed by atoms with E-state index in [9.17, 15) is 14.7 Å². The van der Waals surface area contributed by atoms with Gasteiger partial charge in [-0.2, -0.15) is 0 Å². The quantitative estimate of drug-likeness (QED) is 0.247. The first-order valence-electron chi connectivity index (χ1n) is 11.4. The van der Waals surface area contributed by atoms with E-state index in [0.717, 1.165) is 17.3 Å². The molecule has 0 unspecified atom stereocenters. The first-order chi connectivity index (χ1) is 18.7. The van der Waals surface area contributed by atoms with Crippen LogP contribution in [0.25, 0.3) is 6.08 Å². The number of benzene rings is 3. The van der Waals surface area contributed by atoms with Crippen LogP contribution in [0.5, 0.6) is 5.75 Å². The molecule has 1 N–H and O–H groups in total. The fourth-order valence-electron chi connectivity index (χ4n) is 3.47. The van der Waals surface area contributed by atoms with E-state index in [-0.39, 0.29) is 29.6 Å². The summed E-state index contributed by atoms with van der Waals surface area (Å²) in [6, 6.07) is 17.3. The lowest BCUT2D eigenvalue weighted by Crippen LogP contribution is -2.14. The third-order valence-corrected chi connectivity index (χ3v) is 8.22. The third-order valence-electron chi connectivity index (χ3n) is 5.28. The Bertz CT molecular complexity index is 1520. The number of thioether (sulfide) groups is 1. The van der Waals surface area contributed by atoms with Crippen LogP contribution in [0.15, 0.2) is 90.8 Å². The van der Waals surface area contributed by atoms with Crippen LogP contribution in [0.2, 0.25) is 10.0 Å². The Hall–Kier alpha value is -2.56. The zero-order chi connectivity index (χ0) is 28.1. The van der Waals surface area contributed by atoms with E-state index in [2.05, 4.69) is 36.9 Å². The topological polar surface area (TPSA) is 85.2 Å². The van der Waals surface area contributed by atoms with Crippen LogP contribution in [-0.2, 0) is 16.1 Å². The van der Waals surface area contributed by atoms with Gasteiger partial charge in [0, 0.05) is 5.56 Å². The number of carbonyl (C=O) groups excluding carboxylic acids is 2. The van der Waals surface area contributed by atoms with E-state index < -0.39 is 11.9 Å².